The van der Waals surface area contributed by atoms with E-state index in [1.807, 2.05) is 0 Å². The van der Waals surface area contributed by atoms with E-state index in [4.69, 9.17) is 14.8 Å². The van der Waals surface area contributed by atoms with Gasteiger partial charge in [-0.15, -0.1) is 0 Å². The van der Waals surface area contributed by atoms with Crippen molar-refractivity contribution in [2.24, 2.45) is 5.73 Å². The molecule has 0 aromatic carbocycles. The van der Waals surface area contributed by atoms with Gasteiger partial charge in [-0.25, -0.2) is 4.57 Å². The fourth-order valence-corrected chi connectivity index (χ4v) is 9.37. The van der Waals surface area contributed by atoms with Crippen LogP contribution in [0.5, 0.6) is 0 Å². The Morgan fingerprint density at radius 1 is 0.475 bits per heavy atom. The van der Waals surface area contributed by atoms with Crippen LogP contribution in [0.1, 0.15) is 296 Å². The highest BCUT2D eigenvalue weighted by Gasteiger charge is 2.27. The Balaban J connectivity index is 3.97. The highest BCUT2D eigenvalue weighted by Crippen LogP contribution is 2.43. The molecule has 0 spiro atoms. The maximum Gasteiger partial charge on any atom is 0.472 e. The van der Waals surface area contributed by atoms with Gasteiger partial charge >= 0.3 is 7.82 Å². The molecule has 3 unspecified atom stereocenters. The van der Waals surface area contributed by atoms with Crippen LogP contribution in [0.3, 0.4) is 0 Å². The number of aliphatic hydroxyl groups excluding tert-OH is 1. The van der Waals surface area contributed by atoms with E-state index in [9.17, 15) is 19.4 Å². The van der Waals surface area contributed by atoms with Gasteiger partial charge in [-0.05, 0) is 12.8 Å². The largest absolute Gasteiger partial charge is 0.472 e. The standard InChI is InChI=1S/C52H107N2O6P/c1-3-5-7-9-11-13-15-17-19-21-23-25-27-29-31-33-35-37-39-41-43-45-51(55)50(49-60-61(57,58)59-48-47-53)54-52(56)46-44-42-40-38-36-34-32-30-28-26-24-22-20-18-16-14-12-10-8-6-4-2/h50-51,55H,3-49,53H2,1-2H3,(H,54,56)(H,57,58). The molecule has 0 saturated carbocycles. The molecule has 8 nitrogen and oxygen atoms in total. The molecule has 0 aliphatic carbocycles. The van der Waals surface area contributed by atoms with Crippen LogP contribution in [0.25, 0.3) is 0 Å². The van der Waals surface area contributed by atoms with E-state index in [1.165, 1.54) is 231 Å². The minimum atomic E-state index is -4.32. The van der Waals surface area contributed by atoms with Crippen molar-refractivity contribution in [3.05, 3.63) is 0 Å². The van der Waals surface area contributed by atoms with Gasteiger partial charge in [0.1, 0.15) is 0 Å². The van der Waals surface area contributed by atoms with E-state index < -0.39 is 20.0 Å². The van der Waals surface area contributed by atoms with E-state index in [0.29, 0.717) is 12.8 Å². The topological polar surface area (TPSA) is 131 Å². The smallest absolute Gasteiger partial charge is 0.391 e. The number of nitrogens with two attached hydrogens (primary N) is 1. The van der Waals surface area contributed by atoms with Crippen molar-refractivity contribution in [1.82, 2.24) is 5.32 Å². The summed E-state index contributed by atoms with van der Waals surface area (Å²) in [4.78, 5) is 22.9. The van der Waals surface area contributed by atoms with Crippen LogP contribution in [-0.4, -0.2) is 47.8 Å². The lowest BCUT2D eigenvalue weighted by molar-refractivity contribution is -0.123. The Morgan fingerprint density at radius 3 is 1.05 bits per heavy atom. The molecule has 61 heavy (non-hydrogen) atoms. The molecule has 9 heteroatoms. The van der Waals surface area contributed by atoms with Crippen LogP contribution in [0.15, 0.2) is 0 Å². The van der Waals surface area contributed by atoms with Crippen LogP contribution < -0.4 is 11.1 Å². The van der Waals surface area contributed by atoms with Crippen LogP contribution in [0.2, 0.25) is 0 Å². The molecule has 0 bridgehead atoms. The lowest BCUT2D eigenvalue weighted by atomic mass is 10.0. The quantitative estimate of drug-likeness (QED) is 0.0353. The summed E-state index contributed by atoms with van der Waals surface area (Å²) in [5.41, 5.74) is 5.41. The first-order valence-electron chi connectivity index (χ1n) is 27.2. The third-order valence-corrected chi connectivity index (χ3v) is 13.7. The number of unbranched alkanes of at least 4 members (excludes halogenated alkanes) is 40. The van der Waals surface area contributed by atoms with Gasteiger partial charge in [0.05, 0.1) is 25.4 Å². The Kier molecular flexibility index (Phi) is 48.5. The first-order chi connectivity index (χ1) is 29.9. The number of phosphoric acid groups is 1. The highest BCUT2D eigenvalue weighted by atomic mass is 31.2. The Bertz CT molecular complexity index is 926. The van der Waals surface area contributed by atoms with Crippen LogP contribution >= 0.6 is 7.82 Å². The molecule has 0 aliphatic heterocycles. The molecule has 3 atom stereocenters. The maximum absolute atomic E-state index is 12.9. The lowest BCUT2D eigenvalue weighted by Crippen LogP contribution is -2.46. The van der Waals surface area contributed by atoms with Gasteiger partial charge in [-0.3, -0.25) is 13.8 Å². The average Bonchev–Trinajstić information content (AvgIpc) is 3.25. The number of hydrogen-bond donors (Lipinski definition) is 4. The highest BCUT2D eigenvalue weighted by molar-refractivity contribution is 7.47. The molecule has 1 amide bonds. The molecule has 0 heterocycles. The summed E-state index contributed by atoms with van der Waals surface area (Å²) < 4.78 is 22.3. The molecule has 0 aromatic rings. The van der Waals surface area contributed by atoms with Crippen molar-refractivity contribution < 1.29 is 28.4 Å². The summed E-state index contributed by atoms with van der Waals surface area (Å²) in [6.45, 7) is 4.27. The van der Waals surface area contributed by atoms with E-state index in [-0.39, 0.29) is 25.7 Å². The lowest BCUT2D eigenvalue weighted by Gasteiger charge is -2.25. The average molecular weight is 887 g/mol. The molecule has 0 aliphatic rings. The Hall–Kier alpha value is -0.500. The number of nitrogens with one attached hydrogen (secondary N) is 1. The third kappa shape index (κ3) is 47.3. The molecule has 5 N–H and O–H groups in total. The predicted molar refractivity (Wildman–Crippen MR) is 263 cm³/mol. The summed E-state index contributed by atoms with van der Waals surface area (Å²) in [5, 5.41) is 13.9. The summed E-state index contributed by atoms with van der Waals surface area (Å²) >= 11 is 0. The molecule has 0 fully saturated rings. The Morgan fingerprint density at radius 2 is 0.754 bits per heavy atom. The summed E-state index contributed by atoms with van der Waals surface area (Å²) in [6, 6.07) is -0.769. The maximum atomic E-state index is 12.9. The second-order valence-electron chi connectivity index (χ2n) is 18.8. The monoisotopic (exact) mass is 887 g/mol. The van der Waals surface area contributed by atoms with E-state index in [1.54, 1.807) is 0 Å². The van der Waals surface area contributed by atoms with Crippen molar-refractivity contribution in [2.75, 3.05) is 19.8 Å². The molecule has 0 aromatic heterocycles. The van der Waals surface area contributed by atoms with Crippen molar-refractivity contribution in [1.29, 1.82) is 0 Å². The number of carbonyl (C=O) groups excluding carboxylic acids is 1. The van der Waals surface area contributed by atoms with E-state index >= 15 is 0 Å². The minimum Gasteiger partial charge on any atom is -0.391 e. The summed E-state index contributed by atoms with van der Waals surface area (Å²) in [7, 11) is -4.32. The Labute approximate surface area is 380 Å². The predicted octanol–water partition coefficient (Wildman–Crippen LogP) is 16.1. The van der Waals surface area contributed by atoms with Gasteiger partial charge in [0, 0.05) is 13.0 Å². The van der Waals surface area contributed by atoms with Crippen molar-refractivity contribution >= 4 is 13.7 Å². The number of hydrogen-bond acceptors (Lipinski definition) is 6. The zero-order chi connectivity index (χ0) is 44.6. The van der Waals surface area contributed by atoms with Crippen molar-refractivity contribution in [3.63, 3.8) is 0 Å². The van der Waals surface area contributed by atoms with Crippen molar-refractivity contribution in [2.45, 2.75) is 309 Å². The second kappa shape index (κ2) is 48.9. The van der Waals surface area contributed by atoms with Gasteiger partial charge in [0.2, 0.25) is 5.91 Å². The first-order valence-corrected chi connectivity index (χ1v) is 28.6. The van der Waals surface area contributed by atoms with Gasteiger partial charge in [-0.1, -0.05) is 277 Å². The number of amides is 1. The molecule has 366 valence electrons. The summed E-state index contributed by atoms with van der Waals surface area (Å²) in [6.07, 6.45) is 55.6. The number of phosphoric ester groups is 1. The second-order valence-corrected chi connectivity index (χ2v) is 20.3. The molecule has 0 radical (unpaired) electrons. The van der Waals surface area contributed by atoms with Crippen LogP contribution in [0.4, 0.5) is 0 Å². The van der Waals surface area contributed by atoms with Gasteiger partial charge in [0.25, 0.3) is 0 Å². The number of aliphatic hydroxyl groups is 1. The van der Waals surface area contributed by atoms with E-state index in [2.05, 4.69) is 19.2 Å². The van der Waals surface area contributed by atoms with Gasteiger partial charge in [-0.2, -0.15) is 0 Å². The van der Waals surface area contributed by atoms with Crippen molar-refractivity contribution in [3.8, 4) is 0 Å². The van der Waals surface area contributed by atoms with Crippen LogP contribution in [0, 0.1) is 0 Å². The first kappa shape index (κ1) is 60.5. The van der Waals surface area contributed by atoms with E-state index in [0.717, 1.165) is 38.5 Å². The SMILES string of the molecule is CCCCCCCCCCCCCCCCCCCCCCCC(=O)NC(COP(=O)(O)OCCN)C(O)CCCCCCCCCCCCCCCCCCCCCCC. The summed E-state index contributed by atoms with van der Waals surface area (Å²) in [5.74, 6) is -0.153. The molecular weight excluding hydrogens is 780 g/mol. The van der Waals surface area contributed by atoms with Gasteiger partial charge < -0.3 is 21.1 Å². The minimum absolute atomic E-state index is 0.0929. The normalized spacial score (nSPS) is 13.7. The number of carbonyl (C=O) groups is 1. The zero-order valence-electron chi connectivity index (χ0n) is 40.9. The molecule has 0 rings (SSSR count). The van der Waals surface area contributed by atoms with Crippen LogP contribution in [-0.2, 0) is 18.4 Å². The van der Waals surface area contributed by atoms with Gasteiger partial charge in [0.15, 0.2) is 0 Å². The molecular formula is C52H107N2O6P. The fourth-order valence-electron chi connectivity index (χ4n) is 8.61. The number of rotatable bonds is 52. The third-order valence-electron chi connectivity index (χ3n) is 12.7. The zero-order valence-corrected chi connectivity index (χ0v) is 41.8. The molecule has 0 saturated heterocycles. The fraction of sp³-hybridized carbons (Fsp3) is 0.981.